The highest BCUT2D eigenvalue weighted by molar-refractivity contribution is 9.10. The Bertz CT molecular complexity index is 765. The van der Waals surface area contributed by atoms with Gasteiger partial charge < -0.3 is 14.8 Å². The Morgan fingerprint density at radius 3 is 2.50 bits per heavy atom. The van der Waals surface area contributed by atoms with Crippen LogP contribution in [0.2, 0.25) is 0 Å². The first-order valence-corrected chi connectivity index (χ1v) is 9.17. The molecule has 140 valence electrons. The van der Waals surface area contributed by atoms with Crippen LogP contribution >= 0.6 is 15.9 Å². The van der Waals surface area contributed by atoms with E-state index in [1.165, 1.54) is 0 Å². The molecule has 5 nitrogen and oxygen atoms in total. The number of carbonyl (C=O) groups is 1. The van der Waals surface area contributed by atoms with E-state index in [4.69, 9.17) is 9.47 Å². The molecule has 2 aromatic carbocycles. The molecule has 0 bridgehead atoms. The van der Waals surface area contributed by atoms with E-state index in [1.807, 2.05) is 55.3 Å². The van der Waals surface area contributed by atoms with Crippen molar-refractivity contribution in [2.45, 2.75) is 13.3 Å². The molecular weight excluding hydrogens is 396 g/mol. The van der Waals surface area contributed by atoms with Crippen LogP contribution in [0.4, 0.5) is 5.69 Å². The monoisotopic (exact) mass is 420 g/mol. The lowest BCUT2D eigenvalue weighted by molar-refractivity contribution is -0.117. The zero-order chi connectivity index (χ0) is 19.1. The van der Waals surface area contributed by atoms with E-state index in [0.717, 1.165) is 40.0 Å². The number of methoxy groups -OCH3 is 2. The molecule has 0 unspecified atom stereocenters. The van der Waals surface area contributed by atoms with Gasteiger partial charge in [-0.25, -0.2) is 0 Å². The van der Waals surface area contributed by atoms with Gasteiger partial charge in [-0.05, 0) is 55.8 Å². The molecule has 2 aromatic rings. The number of anilines is 1. The van der Waals surface area contributed by atoms with Crippen molar-refractivity contribution in [1.29, 1.82) is 0 Å². The standard InChI is InChI=1S/C20H25BrN2O3/c1-14-5-7-16(12-17(14)21)22-20(24)13-23(2)10-9-15-6-8-18(25-3)19(11-15)26-4/h5-8,11-12H,9-10,13H2,1-4H3,(H,22,24). The van der Waals surface area contributed by atoms with Crippen LogP contribution in [0.3, 0.4) is 0 Å². The maximum absolute atomic E-state index is 12.2. The van der Waals surface area contributed by atoms with Crippen LogP contribution in [0.25, 0.3) is 0 Å². The van der Waals surface area contributed by atoms with Gasteiger partial charge in [0.1, 0.15) is 0 Å². The summed E-state index contributed by atoms with van der Waals surface area (Å²) >= 11 is 3.48. The van der Waals surface area contributed by atoms with Gasteiger partial charge >= 0.3 is 0 Å². The van der Waals surface area contributed by atoms with Gasteiger partial charge in [0, 0.05) is 16.7 Å². The Morgan fingerprint density at radius 2 is 1.85 bits per heavy atom. The van der Waals surface area contributed by atoms with Gasteiger partial charge in [-0.15, -0.1) is 0 Å². The minimum absolute atomic E-state index is 0.0319. The maximum Gasteiger partial charge on any atom is 0.238 e. The lowest BCUT2D eigenvalue weighted by atomic mass is 10.1. The van der Waals surface area contributed by atoms with Gasteiger partial charge in [0.15, 0.2) is 11.5 Å². The summed E-state index contributed by atoms with van der Waals surface area (Å²) < 4.78 is 11.6. The summed E-state index contributed by atoms with van der Waals surface area (Å²) in [5.74, 6) is 1.40. The molecule has 0 radical (unpaired) electrons. The number of benzene rings is 2. The minimum Gasteiger partial charge on any atom is -0.493 e. The van der Waals surface area contributed by atoms with Crippen molar-refractivity contribution < 1.29 is 14.3 Å². The number of rotatable bonds is 8. The highest BCUT2D eigenvalue weighted by Crippen LogP contribution is 2.27. The van der Waals surface area contributed by atoms with Gasteiger partial charge in [-0.3, -0.25) is 9.69 Å². The molecule has 0 atom stereocenters. The normalized spacial score (nSPS) is 10.7. The predicted octanol–water partition coefficient (Wildman–Crippen LogP) is 3.89. The summed E-state index contributed by atoms with van der Waals surface area (Å²) in [4.78, 5) is 14.2. The molecule has 0 aromatic heterocycles. The smallest absolute Gasteiger partial charge is 0.238 e. The van der Waals surface area contributed by atoms with Crippen molar-refractivity contribution in [1.82, 2.24) is 4.90 Å². The van der Waals surface area contributed by atoms with Crippen molar-refractivity contribution >= 4 is 27.5 Å². The van der Waals surface area contributed by atoms with Crippen LogP contribution < -0.4 is 14.8 Å². The quantitative estimate of drug-likeness (QED) is 0.703. The average Bonchev–Trinajstić information content (AvgIpc) is 2.62. The molecule has 0 fully saturated rings. The molecule has 1 amide bonds. The fourth-order valence-corrected chi connectivity index (χ4v) is 2.93. The van der Waals surface area contributed by atoms with Crippen LogP contribution in [0, 0.1) is 6.92 Å². The molecule has 0 aliphatic heterocycles. The van der Waals surface area contributed by atoms with Gasteiger partial charge in [0.25, 0.3) is 0 Å². The Hall–Kier alpha value is -2.05. The van der Waals surface area contributed by atoms with Crippen molar-refractivity contribution in [2.75, 3.05) is 39.7 Å². The zero-order valence-electron chi connectivity index (χ0n) is 15.6. The third-order valence-corrected chi connectivity index (χ3v) is 4.95. The second-order valence-electron chi connectivity index (χ2n) is 6.19. The molecule has 6 heteroatoms. The number of hydrogen-bond donors (Lipinski definition) is 1. The van der Waals surface area contributed by atoms with Crippen molar-refractivity contribution in [2.24, 2.45) is 0 Å². The zero-order valence-corrected chi connectivity index (χ0v) is 17.2. The van der Waals surface area contributed by atoms with E-state index in [9.17, 15) is 4.79 Å². The molecular formula is C20H25BrN2O3. The lowest BCUT2D eigenvalue weighted by Crippen LogP contribution is -2.31. The van der Waals surface area contributed by atoms with Crippen molar-refractivity contribution in [3.05, 3.63) is 52.0 Å². The van der Waals surface area contributed by atoms with Crippen LogP contribution in [-0.2, 0) is 11.2 Å². The fourth-order valence-electron chi connectivity index (χ4n) is 2.55. The van der Waals surface area contributed by atoms with Gasteiger partial charge in [0.2, 0.25) is 5.91 Å². The number of amides is 1. The minimum atomic E-state index is -0.0319. The van der Waals surface area contributed by atoms with Crippen molar-refractivity contribution in [3.8, 4) is 11.5 Å². The fraction of sp³-hybridized carbons (Fsp3) is 0.350. The first kappa shape index (κ1) is 20.3. The van der Waals surface area contributed by atoms with Gasteiger partial charge in [-0.1, -0.05) is 28.1 Å². The van der Waals surface area contributed by atoms with E-state index >= 15 is 0 Å². The van der Waals surface area contributed by atoms with Crippen molar-refractivity contribution in [3.63, 3.8) is 0 Å². The summed E-state index contributed by atoms with van der Waals surface area (Å²) in [5.41, 5.74) is 3.06. The first-order valence-electron chi connectivity index (χ1n) is 8.38. The highest BCUT2D eigenvalue weighted by atomic mass is 79.9. The largest absolute Gasteiger partial charge is 0.493 e. The Kier molecular flexibility index (Phi) is 7.48. The van der Waals surface area contributed by atoms with E-state index in [0.29, 0.717) is 12.3 Å². The topological polar surface area (TPSA) is 50.8 Å². The van der Waals surface area contributed by atoms with E-state index in [1.54, 1.807) is 14.2 Å². The van der Waals surface area contributed by atoms with Crippen LogP contribution in [0.1, 0.15) is 11.1 Å². The third-order valence-electron chi connectivity index (χ3n) is 4.10. The second-order valence-corrected chi connectivity index (χ2v) is 7.04. The van der Waals surface area contributed by atoms with E-state index in [-0.39, 0.29) is 5.91 Å². The van der Waals surface area contributed by atoms with Crippen LogP contribution in [-0.4, -0.2) is 45.2 Å². The summed E-state index contributed by atoms with van der Waals surface area (Å²) in [6.45, 7) is 3.11. The highest BCUT2D eigenvalue weighted by Gasteiger charge is 2.09. The van der Waals surface area contributed by atoms with E-state index < -0.39 is 0 Å². The summed E-state index contributed by atoms with van der Waals surface area (Å²) in [5, 5.41) is 2.93. The summed E-state index contributed by atoms with van der Waals surface area (Å²) in [6.07, 6.45) is 0.820. The predicted molar refractivity (Wildman–Crippen MR) is 108 cm³/mol. The Balaban J connectivity index is 1.85. The average molecular weight is 421 g/mol. The molecule has 0 saturated carbocycles. The molecule has 2 rings (SSSR count). The van der Waals surface area contributed by atoms with Crippen LogP contribution in [0.15, 0.2) is 40.9 Å². The number of nitrogens with one attached hydrogen (secondary N) is 1. The number of nitrogens with zero attached hydrogens (tertiary/aromatic N) is 1. The number of carbonyl (C=O) groups excluding carboxylic acids is 1. The molecule has 26 heavy (non-hydrogen) atoms. The maximum atomic E-state index is 12.2. The molecule has 0 spiro atoms. The lowest BCUT2D eigenvalue weighted by Gasteiger charge is -2.17. The SMILES string of the molecule is COc1ccc(CCN(C)CC(=O)Nc2ccc(C)c(Br)c2)cc1OC. The van der Waals surface area contributed by atoms with E-state index in [2.05, 4.69) is 21.2 Å². The Morgan fingerprint density at radius 1 is 1.12 bits per heavy atom. The molecule has 0 heterocycles. The number of hydrogen-bond acceptors (Lipinski definition) is 4. The van der Waals surface area contributed by atoms with Crippen LogP contribution in [0.5, 0.6) is 11.5 Å². The third kappa shape index (κ3) is 5.75. The van der Waals surface area contributed by atoms with Gasteiger partial charge in [-0.2, -0.15) is 0 Å². The summed E-state index contributed by atoms with van der Waals surface area (Å²) in [7, 11) is 5.18. The van der Waals surface area contributed by atoms with Gasteiger partial charge in [0.05, 0.1) is 20.8 Å². The number of likely N-dealkylation sites (N-methyl/N-ethyl adjacent to an activating group) is 1. The number of ether oxygens (including phenoxy) is 2. The summed E-state index contributed by atoms with van der Waals surface area (Å²) in [6, 6.07) is 11.7. The molecule has 0 aliphatic rings. The second kappa shape index (κ2) is 9.59. The molecule has 0 aliphatic carbocycles. The number of halogens is 1. The first-order chi connectivity index (χ1) is 12.4. The Labute approximate surface area is 163 Å². The number of aryl methyl sites for hydroxylation is 1. The molecule has 1 N–H and O–H groups in total. The molecule has 0 saturated heterocycles.